The lowest BCUT2D eigenvalue weighted by Gasteiger charge is -2.42. The van der Waals surface area contributed by atoms with Gasteiger partial charge in [0.25, 0.3) is 0 Å². The van der Waals surface area contributed by atoms with E-state index in [2.05, 4.69) is 15.1 Å². The SMILES string of the molecule is CNC(C)(CN1CCC(N2CCCCC2)CC1)C(=O)OC. The summed E-state index contributed by atoms with van der Waals surface area (Å²) in [5.74, 6) is -0.178. The summed E-state index contributed by atoms with van der Waals surface area (Å²) in [6.45, 7) is 7.37. The first-order chi connectivity index (χ1) is 10.1. The van der Waals surface area contributed by atoms with Crippen LogP contribution in [0.3, 0.4) is 0 Å². The molecule has 1 atom stereocenters. The number of piperidine rings is 2. The first-order valence-corrected chi connectivity index (χ1v) is 8.33. The lowest BCUT2D eigenvalue weighted by Crippen LogP contribution is -2.58. The van der Waals surface area contributed by atoms with Crippen molar-refractivity contribution in [2.45, 2.75) is 50.6 Å². The van der Waals surface area contributed by atoms with Crippen LogP contribution in [0.5, 0.6) is 0 Å². The number of nitrogens with one attached hydrogen (secondary N) is 1. The average molecular weight is 297 g/mol. The monoisotopic (exact) mass is 297 g/mol. The Hall–Kier alpha value is -0.650. The van der Waals surface area contributed by atoms with Crippen molar-refractivity contribution in [2.75, 3.05) is 46.9 Å². The highest BCUT2D eigenvalue weighted by atomic mass is 16.5. The number of nitrogens with zero attached hydrogens (tertiary/aromatic N) is 2. The third-order valence-corrected chi connectivity index (χ3v) is 5.19. The van der Waals surface area contributed by atoms with Crippen LogP contribution in [0.4, 0.5) is 0 Å². The maximum Gasteiger partial charge on any atom is 0.327 e. The number of esters is 1. The fraction of sp³-hybridized carbons (Fsp3) is 0.938. The van der Waals surface area contributed by atoms with Gasteiger partial charge < -0.3 is 19.9 Å². The number of rotatable bonds is 5. The van der Waals surface area contributed by atoms with E-state index in [1.807, 2.05) is 14.0 Å². The predicted octanol–water partition coefficient (Wildman–Crippen LogP) is 1.09. The summed E-state index contributed by atoms with van der Waals surface area (Å²) >= 11 is 0. The zero-order chi connectivity index (χ0) is 15.3. The van der Waals surface area contributed by atoms with Gasteiger partial charge in [0, 0.05) is 12.6 Å². The van der Waals surface area contributed by atoms with Crippen molar-refractivity contribution < 1.29 is 9.53 Å². The number of methoxy groups -OCH3 is 1. The smallest absolute Gasteiger partial charge is 0.327 e. The highest BCUT2D eigenvalue weighted by Gasteiger charge is 2.36. The van der Waals surface area contributed by atoms with Crippen molar-refractivity contribution in [1.82, 2.24) is 15.1 Å². The minimum Gasteiger partial charge on any atom is -0.468 e. The van der Waals surface area contributed by atoms with E-state index < -0.39 is 5.54 Å². The summed E-state index contributed by atoms with van der Waals surface area (Å²) in [5.41, 5.74) is -0.604. The molecule has 0 aromatic rings. The van der Waals surface area contributed by atoms with Gasteiger partial charge in [-0.15, -0.1) is 0 Å². The first kappa shape index (κ1) is 16.7. The highest BCUT2D eigenvalue weighted by molar-refractivity contribution is 5.80. The van der Waals surface area contributed by atoms with Gasteiger partial charge in [-0.3, -0.25) is 4.79 Å². The minimum atomic E-state index is -0.604. The van der Waals surface area contributed by atoms with Crippen LogP contribution in [-0.2, 0) is 9.53 Å². The van der Waals surface area contributed by atoms with Gasteiger partial charge in [0.15, 0.2) is 0 Å². The molecule has 122 valence electrons. The van der Waals surface area contributed by atoms with Crippen LogP contribution in [0.25, 0.3) is 0 Å². The number of likely N-dealkylation sites (tertiary alicyclic amines) is 2. The second-order valence-corrected chi connectivity index (χ2v) is 6.68. The summed E-state index contributed by atoms with van der Waals surface area (Å²) in [5, 5.41) is 3.12. The molecule has 2 saturated heterocycles. The number of ether oxygens (including phenoxy) is 1. The van der Waals surface area contributed by atoms with E-state index >= 15 is 0 Å². The molecule has 0 spiro atoms. The van der Waals surface area contributed by atoms with E-state index in [9.17, 15) is 4.79 Å². The third-order valence-electron chi connectivity index (χ3n) is 5.19. The molecule has 5 heteroatoms. The van der Waals surface area contributed by atoms with E-state index in [1.165, 1.54) is 52.3 Å². The molecule has 2 heterocycles. The van der Waals surface area contributed by atoms with E-state index in [1.54, 1.807) is 0 Å². The number of carbonyl (C=O) groups is 1. The van der Waals surface area contributed by atoms with Crippen LogP contribution < -0.4 is 5.32 Å². The molecule has 0 aromatic heterocycles. The van der Waals surface area contributed by atoms with Crippen LogP contribution in [0.1, 0.15) is 39.0 Å². The molecule has 2 rings (SSSR count). The van der Waals surface area contributed by atoms with Crippen LogP contribution >= 0.6 is 0 Å². The number of likely N-dealkylation sites (N-methyl/N-ethyl adjacent to an activating group) is 1. The van der Waals surface area contributed by atoms with Gasteiger partial charge in [-0.1, -0.05) is 6.42 Å². The van der Waals surface area contributed by atoms with Crippen molar-refractivity contribution >= 4 is 5.97 Å². The number of hydrogen-bond acceptors (Lipinski definition) is 5. The molecule has 0 radical (unpaired) electrons. The van der Waals surface area contributed by atoms with Crippen molar-refractivity contribution in [2.24, 2.45) is 0 Å². The minimum absolute atomic E-state index is 0.178. The molecular formula is C16H31N3O2. The Morgan fingerprint density at radius 3 is 2.33 bits per heavy atom. The summed E-state index contributed by atoms with van der Waals surface area (Å²) in [6, 6.07) is 0.750. The molecule has 0 aromatic carbocycles. The zero-order valence-electron chi connectivity index (χ0n) is 13.9. The topological polar surface area (TPSA) is 44.8 Å². The molecule has 1 N–H and O–H groups in total. The van der Waals surface area contributed by atoms with Gasteiger partial charge >= 0.3 is 5.97 Å². The van der Waals surface area contributed by atoms with Crippen LogP contribution in [0.2, 0.25) is 0 Å². The summed E-state index contributed by atoms with van der Waals surface area (Å²) in [4.78, 5) is 17.0. The van der Waals surface area contributed by atoms with Crippen LogP contribution in [0.15, 0.2) is 0 Å². The Labute approximate surface area is 129 Å². The molecule has 2 aliphatic rings. The van der Waals surface area contributed by atoms with E-state index in [0.717, 1.165) is 25.7 Å². The molecule has 0 aliphatic carbocycles. The predicted molar refractivity (Wildman–Crippen MR) is 84.4 cm³/mol. The quantitative estimate of drug-likeness (QED) is 0.770. The fourth-order valence-electron chi connectivity index (χ4n) is 3.64. The second kappa shape index (κ2) is 7.56. The van der Waals surface area contributed by atoms with E-state index in [0.29, 0.717) is 0 Å². The Bertz CT molecular complexity index is 336. The summed E-state index contributed by atoms with van der Waals surface area (Å²) in [7, 11) is 3.29. The molecule has 21 heavy (non-hydrogen) atoms. The third kappa shape index (κ3) is 4.18. The zero-order valence-corrected chi connectivity index (χ0v) is 13.9. The van der Waals surface area contributed by atoms with Gasteiger partial charge in [0.2, 0.25) is 0 Å². The van der Waals surface area contributed by atoms with Crippen molar-refractivity contribution in [3.8, 4) is 0 Å². The fourth-order valence-corrected chi connectivity index (χ4v) is 3.64. The second-order valence-electron chi connectivity index (χ2n) is 6.68. The van der Waals surface area contributed by atoms with Gasteiger partial charge in [0.05, 0.1) is 7.11 Å². The lowest BCUT2D eigenvalue weighted by atomic mass is 9.96. The molecule has 2 aliphatic heterocycles. The van der Waals surface area contributed by atoms with Crippen molar-refractivity contribution in [1.29, 1.82) is 0 Å². The maximum atomic E-state index is 11.9. The summed E-state index contributed by atoms with van der Waals surface area (Å²) < 4.78 is 4.93. The Morgan fingerprint density at radius 2 is 1.81 bits per heavy atom. The van der Waals surface area contributed by atoms with Crippen LogP contribution in [-0.4, -0.2) is 74.2 Å². The van der Waals surface area contributed by atoms with Gasteiger partial charge in [-0.2, -0.15) is 0 Å². The Balaban J connectivity index is 1.81. The summed E-state index contributed by atoms with van der Waals surface area (Å²) in [6.07, 6.45) is 6.57. The number of carbonyl (C=O) groups excluding carboxylic acids is 1. The molecular weight excluding hydrogens is 266 g/mol. The van der Waals surface area contributed by atoms with Crippen LogP contribution in [0, 0.1) is 0 Å². The molecule has 0 amide bonds. The Kier molecular flexibility index (Phi) is 6.02. The number of hydrogen-bond donors (Lipinski definition) is 1. The largest absolute Gasteiger partial charge is 0.468 e. The van der Waals surface area contributed by atoms with Gasteiger partial charge in [-0.25, -0.2) is 0 Å². The van der Waals surface area contributed by atoms with Crippen molar-refractivity contribution in [3.63, 3.8) is 0 Å². The average Bonchev–Trinajstić information content (AvgIpc) is 2.55. The van der Waals surface area contributed by atoms with E-state index in [4.69, 9.17) is 4.74 Å². The normalized spacial score (nSPS) is 25.5. The molecule has 5 nitrogen and oxygen atoms in total. The Morgan fingerprint density at radius 1 is 1.19 bits per heavy atom. The van der Waals surface area contributed by atoms with Gasteiger partial charge in [0.1, 0.15) is 5.54 Å². The van der Waals surface area contributed by atoms with E-state index in [-0.39, 0.29) is 5.97 Å². The molecule has 0 saturated carbocycles. The molecule has 0 bridgehead atoms. The lowest BCUT2D eigenvalue weighted by molar-refractivity contribution is -0.148. The standard InChI is InChI=1S/C16H31N3O2/c1-16(17-2,15(20)21-3)13-18-11-7-14(8-12-18)19-9-5-4-6-10-19/h14,17H,4-13H2,1-3H3. The van der Waals surface area contributed by atoms with Crippen molar-refractivity contribution in [3.05, 3.63) is 0 Å². The molecule has 2 fully saturated rings. The highest BCUT2D eigenvalue weighted by Crippen LogP contribution is 2.22. The maximum absolute atomic E-state index is 11.9. The molecule has 1 unspecified atom stereocenters. The first-order valence-electron chi connectivity index (χ1n) is 8.33. The van der Waals surface area contributed by atoms with Gasteiger partial charge in [-0.05, 0) is 65.8 Å².